The molecule has 33 heavy (non-hydrogen) atoms. The lowest BCUT2D eigenvalue weighted by molar-refractivity contribution is 0.0526. The molecule has 2 heterocycles. The number of nitrogen functional groups attached to an aromatic ring is 1. The molecule has 4 rings (SSSR count). The first-order valence-electron chi connectivity index (χ1n) is 10.2. The van der Waals surface area contributed by atoms with Gasteiger partial charge < -0.3 is 25.3 Å². The molecule has 0 saturated carbocycles. The van der Waals surface area contributed by atoms with Gasteiger partial charge in [0, 0.05) is 17.3 Å². The predicted octanol–water partition coefficient (Wildman–Crippen LogP) is 4.21. The van der Waals surface area contributed by atoms with Crippen molar-refractivity contribution in [1.82, 2.24) is 15.0 Å². The maximum Gasteiger partial charge on any atom is 0.338 e. The molecule has 9 nitrogen and oxygen atoms in total. The Morgan fingerprint density at radius 3 is 2.67 bits per heavy atom. The number of rotatable bonds is 7. The van der Waals surface area contributed by atoms with Crippen molar-refractivity contribution in [2.45, 2.75) is 6.92 Å². The van der Waals surface area contributed by atoms with Gasteiger partial charge in [-0.25, -0.2) is 9.78 Å². The van der Waals surface area contributed by atoms with E-state index in [1.54, 1.807) is 37.5 Å². The van der Waals surface area contributed by atoms with Crippen LogP contribution in [0, 0.1) is 0 Å². The molecule has 2 aromatic heterocycles. The van der Waals surface area contributed by atoms with Crippen molar-refractivity contribution >= 4 is 33.9 Å². The van der Waals surface area contributed by atoms with Crippen LogP contribution in [-0.2, 0) is 4.74 Å². The molecule has 0 aliphatic carbocycles. The molecule has 0 spiro atoms. The van der Waals surface area contributed by atoms with Crippen molar-refractivity contribution in [1.29, 1.82) is 0 Å². The number of nitrogens with zero attached hydrogens (tertiary/aromatic N) is 3. The van der Waals surface area contributed by atoms with E-state index in [-0.39, 0.29) is 12.0 Å². The number of nitrogens with one attached hydrogen (secondary N) is 1. The van der Waals surface area contributed by atoms with Gasteiger partial charge in [-0.15, -0.1) is 0 Å². The molecule has 0 aliphatic heterocycles. The normalized spacial score (nSPS) is 10.6. The molecular weight excluding hydrogens is 422 g/mol. The van der Waals surface area contributed by atoms with E-state index >= 15 is 0 Å². The predicted molar refractivity (Wildman–Crippen MR) is 126 cm³/mol. The molecule has 0 unspecified atom stereocenters. The number of ether oxygens (including phenoxy) is 3. The Morgan fingerprint density at radius 2 is 1.91 bits per heavy atom. The Bertz CT molecular complexity index is 1330. The largest absolute Gasteiger partial charge is 0.480 e. The molecule has 2 aromatic carbocycles. The van der Waals surface area contributed by atoms with E-state index in [0.29, 0.717) is 46.2 Å². The van der Waals surface area contributed by atoms with Crippen LogP contribution in [0.3, 0.4) is 0 Å². The molecule has 0 radical (unpaired) electrons. The van der Waals surface area contributed by atoms with E-state index in [9.17, 15) is 4.79 Å². The van der Waals surface area contributed by atoms with E-state index in [4.69, 9.17) is 19.9 Å². The number of benzene rings is 2. The van der Waals surface area contributed by atoms with E-state index < -0.39 is 0 Å². The minimum atomic E-state index is -0.381. The Morgan fingerprint density at radius 1 is 1.06 bits per heavy atom. The Kier molecular flexibility index (Phi) is 6.21. The van der Waals surface area contributed by atoms with E-state index in [1.165, 1.54) is 14.2 Å². The molecule has 0 amide bonds. The second kappa shape index (κ2) is 9.39. The summed E-state index contributed by atoms with van der Waals surface area (Å²) in [4.78, 5) is 25.0. The number of carbonyl (C=O) groups excluding carboxylic acids is 1. The van der Waals surface area contributed by atoms with Crippen molar-refractivity contribution in [3.8, 4) is 23.0 Å². The third-order valence-electron chi connectivity index (χ3n) is 4.96. The highest BCUT2D eigenvalue weighted by molar-refractivity contribution is 6.01. The Labute approximate surface area is 190 Å². The van der Waals surface area contributed by atoms with Crippen molar-refractivity contribution in [3.05, 3.63) is 60.4 Å². The zero-order valence-electron chi connectivity index (χ0n) is 18.5. The zero-order valence-corrected chi connectivity index (χ0v) is 18.5. The summed E-state index contributed by atoms with van der Waals surface area (Å²) in [6.45, 7) is 2.08. The number of carbonyl (C=O) groups is 1. The first kappa shape index (κ1) is 21.8. The van der Waals surface area contributed by atoms with E-state index in [2.05, 4.69) is 20.3 Å². The monoisotopic (exact) mass is 445 g/mol. The van der Waals surface area contributed by atoms with Gasteiger partial charge in [-0.3, -0.25) is 4.98 Å². The minimum absolute atomic E-state index is 0.221. The molecule has 4 aromatic rings. The average Bonchev–Trinajstić information content (AvgIpc) is 2.85. The summed E-state index contributed by atoms with van der Waals surface area (Å²) in [6.07, 6.45) is 3.23. The Balaban J connectivity index is 1.72. The number of esters is 1. The van der Waals surface area contributed by atoms with Gasteiger partial charge in [0.1, 0.15) is 0 Å². The van der Waals surface area contributed by atoms with Crippen LogP contribution >= 0.6 is 0 Å². The fourth-order valence-corrected chi connectivity index (χ4v) is 3.40. The van der Waals surface area contributed by atoms with Gasteiger partial charge in [-0.1, -0.05) is 18.2 Å². The minimum Gasteiger partial charge on any atom is -0.480 e. The zero-order chi connectivity index (χ0) is 23.4. The van der Waals surface area contributed by atoms with Crippen molar-refractivity contribution < 1.29 is 19.0 Å². The van der Waals surface area contributed by atoms with Crippen LogP contribution in [0.1, 0.15) is 17.3 Å². The lowest BCUT2D eigenvalue weighted by atomic mass is 10.0. The molecule has 0 saturated heterocycles. The summed E-state index contributed by atoms with van der Waals surface area (Å²) in [7, 11) is 3.04. The number of nitrogens with two attached hydrogens (primary N) is 1. The number of anilines is 3. The second-order valence-electron chi connectivity index (χ2n) is 7.03. The summed E-state index contributed by atoms with van der Waals surface area (Å²) in [5.41, 5.74) is 10.8. The fourth-order valence-electron chi connectivity index (χ4n) is 3.40. The lowest BCUT2D eigenvalue weighted by Crippen LogP contribution is -2.05. The van der Waals surface area contributed by atoms with Crippen LogP contribution < -0.4 is 20.5 Å². The van der Waals surface area contributed by atoms with Crippen LogP contribution in [0.5, 0.6) is 11.9 Å². The molecule has 9 heteroatoms. The van der Waals surface area contributed by atoms with Gasteiger partial charge in [0.2, 0.25) is 5.88 Å². The second-order valence-corrected chi connectivity index (χ2v) is 7.03. The van der Waals surface area contributed by atoms with Crippen LogP contribution in [-0.4, -0.2) is 41.7 Å². The highest BCUT2D eigenvalue weighted by atomic mass is 16.5. The number of hydrogen-bond donors (Lipinski definition) is 2. The van der Waals surface area contributed by atoms with Crippen molar-refractivity contribution in [2.75, 3.05) is 31.9 Å². The first-order valence-corrected chi connectivity index (χ1v) is 10.2. The molecule has 0 atom stereocenters. The average molecular weight is 445 g/mol. The number of pyridine rings is 1. The molecule has 168 valence electrons. The van der Waals surface area contributed by atoms with Gasteiger partial charge in [0.15, 0.2) is 0 Å². The van der Waals surface area contributed by atoms with Gasteiger partial charge in [0.05, 0.1) is 55.0 Å². The fraction of sp³-hybridized carbons (Fsp3) is 0.167. The summed E-state index contributed by atoms with van der Waals surface area (Å²) < 4.78 is 15.6. The van der Waals surface area contributed by atoms with Gasteiger partial charge in [-0.05, 0) is 36.8 Å². The number of methoxy groups -OCH3 is 2. The topological polar surface area (TPSA) is 121 Å². The van der Waals surface area contributed by atoms with E-state index in [1.807, 2.05) is 24.3 Å². The number of hydrogen-bond acceptors (Lipinski definition) is 9. The van der Waals surface area contributed by atoms with Crippen molar-refractivity contribution in [3.63, 3.8) is 0 Å². The van der Waals surface area contributed by atoms with Crippen LogP contribution in [0.2, 0.25) is 0 Å². The molecule has 0 fully saturated rings. The highest BCUT2D eigenvalue weighted by Gasteiger charge is 2.14. The van der Waals surface area contributed by atoms with Crippen LogP contribution in [0.25, 0.3) is 22.0 Å². The Hall–Kier alpha value is -4.40. The molecular formula is C24H23N5O4. The molecule has 3 N–H and O–H groups in total. The first-order chi connectivity index (χ1) is 16.0. The summed E-state index contributed by atoms with van der Waals surface area (Å²) in [5, 5.41) is 4.12. The van der Waals surface area contributed by atoms with Crippen molar-refractivity contribution in [2.24, 2.45) is 0 Å². The third kappa shape index (κ3) is 4.47. The summed E-state index contributed by atoms with van der Waals surface area (Å²) in [6, 6.07) is 13.0. The number of fused-ring (bicyclic) bond motifs is 1. The van der Waals surface area contributed by atoms with Gasteiger partial charge >= 0.3 is 12.0 Å². The third-order valence-corrected chi connectivity index (χ3v) is 4.96. The molecule has 0 aliphatic rings. The van der Waals surface area contributed by atoms with E-state index in [0.717, 1.165) is 10.9 Å². The van der Waals surface area contributed by atoms with Gasteiger partial charge in [0.25, 0.3) is 0 Å². The standard InChI is InChI=1S/C24H23N5O4/c1-4-33-23(30)15-6-5-7-16(10-15)28-21-17-9-8-14(11-20(17)26-13-19(21)25)18-12-27-24(32-3)29-22(18)31-2/h5-13H,4,25H2,1-3H3,(H,26,28). The maximum absolute atomic E-state index is 12.1. The summed E-state index contributed by atoms with van der Waals surface area (Å²) in [5.74, 6) is 0.0137. The maximum atomic E-state index is 12.1. The van der Waals surface area contributed by atoms with Gasteiger partial charge in [-0.2, -0.15) is 4.98 Å². The van der Waals surface area contributed by atoms with Crippen LogP contribution in [0.15, 0.2) is 54.9 Å². The lowest BCUT2D eigenvalue weighted by Gasteiger charge is -2.14. The summed E-state index contributed by atoms with van der Waals surface area (Å²) >= 11 is 0. The SMILES string of the molecule is CCOC(=O)c1cccc(Nc2c(N)cnc3cc(-c4cnc(OC)nc4OC)ccc23)c1. The van der Waals surface area contributed by atoms with Crippen LogP contribution in [0.4, 0.5) is 17.1 Å². The highest BCUT2D eigenvalue weighted by Crippen LogP contribution is 2.35. The quantitative estimate of drug-likeness (QED) is 0.403. The number of aromatic nitrogens is 3. The smallest absolute Gasteiger partial charge is 0.338 e. The molecule has 0 bridgehead atoms.